The molecule has 1 N–H and O–H groups in total. The molecule has 0 radical (unpaired) electrons. The zero-order chi connectivity index (χ0) is 12.8. The van der Waals surface area contributed by atoms with Crippen LogP contribution in [0.3, 0.4) is 0 Å². The Bertz CT molecular complexity index is 517. The number of carboxylic acids is 1. The van der Waals surface area contributed by atoms with Gasteiger partial charge in [-0.05, 0) is 24.6 Å². The Morgan fingerprint density at radius 3 is 3.17 bits per heavy atom. The monoisotopic (exact) mass is 247 g/mol. The standard InChI is InChI=1S/C13H13NO4/c1-2-10-17-9-5-7-14-11-8(12(15)16)4-3-6-13(9,11)18-10/h3-7,9-10H,2H2,1H3,(H,15,16). The molecule has 1 fully saturated rings. The summed E-state index contributed by atoms with van der Waals surface area (Å²) in [6.07, 6.45) is 8.49. The minimum atomic E-state index is -1.00. The summed E-state index contributed by atoms with van der Waals surface area (Å²) < 4.78 is 11.6. The van der Waals surface area contributed by atoms with E-state index < -0.39 is 11.6 Å². The van der Waals surface area contributed by atoms with Gasteiger partial charge in [-0.2, -0.15) is 0 Å². The molecule has 2 heterocycles. The van der Waals surface area contributed by atoms with Crippen molar-refractivity contribution in [3.8, 4) is 0 Å². The summed E-state index contributed by atoms with van der Waals surface area (Å²) in [4.78, 5) is 15.4. The van der Waals surface area contributed by atoms with Crippen molar-refractivity contribution < 1.29 is 19.4 Å². The van der Waals surface area contributed by atoms with Gasteiger partial charge in [0.25, 0.3) is 0 Å². The molecule has 0 bridgehead atoms. The summed E-state index contributed by atoms with van der Waals surface area (Å²) in [5.74, 6) is -1.00. The van der Waals surface area contributed by atoms with E-state index >= 15 is 0 Å². The molecule has 3 aliphatic rings. The van der Waals surface area contributed by atoms with E-state index in [1.165, 1.54) is 6.08 Å². The number of aliphatic imine (C=N–C) groups is 1. The van der Waals surface area contributed by atoms with Gasteiger partial charge in [0.1, 0.15) is 6.10 Å². The number of hydrogen-bond acceptors (Lipinski definition) is 4. The second-order valence-electron chi connectivity index (χ2n) is 4.37. The largest absolute Gasteiger partial charge is 0.478 e. The van der Waals surface area contributed by atoms with Crippen LogP contribution in [-0.2, 0) is 14.3 Å². The van der Waals surface area contributed by atoms with Crippen molar-refractivity contribution in [1.29, 1.82) is 0 Å². The minimum Gasteiger partial charge on any atom is -0.478 e. The molecule has 0 aromatic heterocycles. The maximum Gasteiger partial charge on any atom is 0.337 e. The van der Waals surface area contributed by atoms with E-state index in [0.29, 0.717) is 12.1 Å². The third-order valence-electron chi connectivity index (χ3n) is 3.31. The second kappa shape index (κ2) is 3.90. The molecular formula is C13H13NO4. The minimum absolute atomic E-state index is 0.159. The quantitative estimate of drug-likeness (QED) is 0.801. The molecule has 3 atom stereocenters. The number of aliphatic carboxylic acids is 1. The summed E-state index contributed by atoms with van der Waals surface area (Å²) in [6, 6.07) is 0. The predicted octanol–water partition coefficient (Wildman–Crippen LogP) is 1.43. The van der Waals surface area contributed by atoms with Crippen molar-refractivity contribution in [2.75, 3.05) is 0 Å². The van der Waals surface area contributed by atoms with Crippen LogP contribution in [0.1, 0.15) is 13.3 Å². The fourth-order valence-electron chi connectivity index (χ4n) is 2.46. The Morgan fingerprint density at radius 2 is 2.44 bits per heavy atom. The van der Waals surface area contributed by atoms with E-state index in [2.05, 4.69) is 4.99 Å². The first-order valence-electron chi connectivity index (χ1n) is 5.89. The zero-order valence-electron chi connectivity index (χ0n) is 9.87. The molecule has 3 rings (SSSR count). The summed E-state index contributed by atoms with van der Waals surface area (Å²) in [6.45, 7) is 1.96. The molecule has 2 aliphatic heterocycles. The fourth-order valence-corrected chi connectivity index (χ4v) is 2.46. The van der Waals surface area contributed by atoms with Crippen molar-refractivity contribution in [1.82, 2.24) is 0 Å². The van der Waals surface area contributed by atoms with Gasteiger partial charge in [-0.1, -0.05) is 13.0 Å². The molecule has 18 heavy (non-hydrogen) atoms. The van der Waals surface area contributed by atoms with Gasteiger partial charge in [0.15, 0.2) is 11.9 Å². The number of rotatable bonds is 2. The van der Waals surface area contributed by atoms with Gasteiger partial charge in [0, 0.05) is 6.20 Å². The number of allylic oxidation sites excluding steroid dienone is 2. The fraction of sp³-hybridized carbons (Fsp3) is 0.385. The molecule has 94 valence electrons. The average molecular weight is 247 g/mol. The van der Waals surface area contributed by atoms with E-state index in [9.17, 15) is 9.90 Å². The Morgan fingerprint density at radius 1 is 1.61 bits per heavy atom. The van der Waals surface area contributed by atoms with Crippen LogP contribution < -0.4 is 0 Å². The lowest BCUT2D eigenvalue weighted by molar-refractivity contribution is -0.132. The van der Waals surface area contributed by atoms with Crippen LogP contribution >= 0.6 is 0 Å². The van der Waals surface area contributed by atoms with Crippen molar-refractivity contribution in [3.63, 3.8) is 0 Å². The van der Waals surface area contributed by atoms with Crippen LogP contribution in [-0.4, -0.2) is 34.8 Å². The summed E-state index contributed by atoms with van der Waals surface area (Å²) in [5.41, 5.74) is -0.300. The highest BCUT2D eigenvalue weighted by molar-refractivity contribution is 6.25. The zero-order valence-corrected chi connectivity index (χ0v) is 9.87. The molecular weight excluding hydrogens is 234 g/mol. The molecule has 1 spiro atoms. The Kier molecular flexibility index (Phi) is 2.46. The summed E-state index contributed by atoms with van der Waals surface area (Å²) >= 11 is 0. The van der Waals surface area contributed by atoms with Crippen molar-refractivity contribution >= 4 is 11.7 Å². The average Bonchev–Trinajstić information content (AvgIpc) is 2.74. The Balaban J connectivity index is 2.07. The summed E-state index contributed by atoms with van der Waals surface area (Å²) in [5, 5.41) is 9.21. The van der Waals surface area contributed by atoms with Gasteiger partial charge in [-0.25, -0.2) is 4.79 Å². The first-order valence-corrected chi connectivity index (χ1v) is 5.89. The van der Waals surface area contributed by atoms with Crippen LogP contribution in [0.2, 0.25) is 0 Å². The van der Waals surface area contributed by atoms with E-state index in [-0.39, 0.29) is 18.0 Å². The van der Waals surface area contributed by atoms with E-state index in [0.717, 1.165) is 0 Å². The number of carbonyl (C=O) groups is 1. The number of ether oxygens (including phenoxy) is 2. The highest BCUT2D eigenvalue weighted by atomic mass is 16.7. The van der Waals surface area contributed by atoms with Gasteiger partial charge in [0.2, 0.25) is 0 Å². The van der Waals surface area contributed by atoms with E-state index in [4.69, 9.17) is 9.47 Å². The summed E-state index contributed by atoms with van der Waals surface area (Å²) in [7, 11) is 0. The first kappa shape index (κ1) is 11.4. The lowest BCUT2D eigenvalue weighted by Gasteiger charge is -2.33. The van der Waals surface area contributed by atoms with Crippen LogP contribution in [0.4, 0.5) is 0 Å². The molecule has 0 aromatic carbocycles. The molecule has 5 heteroatoms. The molecule has 0 saturated carbocycles. The third kappa shape index (κ3) is 1.41. The van der Waals surface area contributed by atoms with Gasteiger partial charge in [0.05, 0.1) is 11.3 Å². The number of hydrogen-bond donors (Lipinski definition) is 1. The third-order valence-corrected chi connectivity index (χ3v) is 3.31. The SMILES string of the molecule is CCC1OC2C=CN=C3C(C(=O)O)=CC=CC32O1. The van der Waals surface area contributed by atoms with Crippen molar-refractivity contribution in [3.05, 3.63) is 36.1 Å². The van der Waals surface area contributed by atoms with Crippen molar-refractivity contribution in [2.45, 2.75) is 31.3 Å². The molecule has 0 aromatic rings. The first-order chi connectivity index (χ1) is 8.67. The normalized spacial score (nSPS) is 36.7. The molecule has 3 unspecified atom stereocenters. The maximum atomic E-state index is 11.2. The van der Waals surface area contributed by atoms with Crippen LogP contribution in [0.25, 0.3) is 0 Å². The Hall–Kier alpha value is -1.72. The Labute approximate surface area is 104 Å². The van der Waals surface area contributed by atoms with E-state index in [1.54, 1.807) is 18.4 Å². The molecule has 1 aliphatic carbocycles. The van der Waals surface area contributed by atoms with Gasteiger partial charge >= 0.3 is 5.97 Å². The highest BCUT2D eigenvalue weighted by Gasteiger charge is 2.53. The molecule has 0 amide bonds. The van der Waals surface area contributed by atoms with E-state index in [1.807, 2.05) is 13.0 Å². The van der Waals surface area contributed by atoms with Gasteiger partial charge < -0.3 is 14.6 Å². The lowest BCUT2D eigenvalue weighted by Crippen LogP contribution is -2.49. The second-order valence-corrected chi connectivity index (χ2v) is 4.37. The van der Waals surface area contributed by atoms with Crippen LogP contribution in [0.15, 0.2) is 41.1 Å². The highest BCUT2D eigenvalue weighted by Crippen LogP contribution is 2.40. The van der Waals surface area contributed by atoms with Crippen LogP contribution in [0.5, 0.6) is 0 Å². The predicted molar refractivity (Wildman–Crippen MR) is 64.2 cm³/mol. The maximum absolute atomic E-state index is 11.2. The van der Waals surface area contributed by atoms with Crippen molar-refractivity contribution in [2.24, 2.45) is 4.99 Å². The molecule has 1 saturated heterocycles. The number of carboxylic acid groups (broad SMARTS) is 1. The number of nitrogens with zero attached hydrogens (tertiary/aromatic N) is 1. The smallest absolute Gasteiger partial charge is 0.337 e. The topological polar surface area (TPSA) is 68.1 Å². The van der Waals surface area contributed by atoms with Gasteiger partial charge in [-0.3, -0.25) is 4.99 Å². The lowest BCUT2D eigenvalue weighted by atomic mass is 9.81. The van der Waals surface area contributed by atoms with Crippen LogP contribution in [0, 0.1) is 0 Å². The van der Waals surface area contributed by atoms with Gasteiger partial charge in [-0.15, -0.1) is 0 Å². The molecule has 5 nitrogen and oxygen atoms in total.